The topological polar surface area (TPSA) is 15.3 Å². The normalized spacial score (nSPS) is 24.3. The van der Waals surface area contributed by atoms with Crippen LogP contribution in [0.15, 0.2) is 0 Å². The summed E-state index contributed by atoms with van der Waals surface area (Å²) in [4.78, 5) is 2.75. The summed E-state index contributed by atoms with van der Waals surface area (Å²) >= 11 is 0. The van der Waals surface area contributed by atoms with E-state index >= 15 is 0 Å². The van der Waals surface area contributed by atoms with Crippen molar-refractivity contribution in [1.82, 2.24) is 10.2 Å². The Balaban J connectivity index is 2.49. The van der Waals surface area contributed by atoms with Gasteiger partial charge in [-0.2, -0.15) is 0 Å². The minimum Gasteiger partial charge on any atom is -0.316 e. The number of hydrogen-bond acceptors (Lipinski definition) is 2. The first-order valence-corrected chi connectivity index (χ1v) is 8.10. The second-order valence-corrected chi connectivity index (χ2v) is 6.41. The van der Waals surface area contributed by atoms with Crippen LogP contribution >= 0.6 is 0 Å². The molecule has 2 unspecified atom stereocenters. The van der Waals surface area contributed by atoms with Crippen LogP contribution in [0.25, 0.3) is 0 Å². The zero-order chi connectivity index (χ0) is 13.4. The van der Waals surface area contributed by atoms with Crippen molar-refractivity contribution in [2.24, 2.45) is 5.41 Å². The maximum absolute atomic E-state index is 3.64. The molecule has 18 heavy (non-hydrogen) atoms. The summed E-state index contributed by atoms with van der Waals surface area (Å²) in [6.45, 7) is 14.3. The van der Waals surface area contributed by atoms with Gasteiger partial charge in [0, 0.05) is 19.1 Å². The molecule has 0 saturated carbocycles. The maximum atomic E-state index is 3.64. The standard InChI is InChI=1S/C16H34N2/c1-5-10-16(4,13-17-11-6-2)14-18-12-8-9-15(18)7-3/h15,17H,5-14H2,1-4H3. The van der Waals surface area contributed by atoms with Gasteiger partial charge in [0.15, 0.2) is 0 Å². The van der Waals surface area contributed by atoms with Crippen LogP contribution in [-0.4, -0.2) is 37.1 Å². The van der Waals surface area contributed by atoms with Crippen molar-refractivity contribution < 1.29 is 0 Å². The molecule has 0 spiro atoms. The van der Waals surface area contributed by atoms with Gasteiger partial charge < -0.3 is 5.32 Å². The van der Waals surface area contributed by atoms with Gasteiger partial charge in [0.25, 0.3) is 0 Å². The molecule has 1 aliphatic rings. The molecule has 1 fully saturated rings. The van der Waals surface area contributed by atoms with Crippen LogP contribution in [0.3, 0.4) is 0 Å². The van der Waals surface area contributed by atoms with Crippen molar-refractivity contribution in [3.8, 4) is 0 Å². The highest BCUT2D eigenvalue weighted by Gasteiger charge is 2.31. The largest absolute Gasteiger partial charge is 0.316 e. The van der Waals surface area contributed by atoms with Crippen molar-refractivity contribution in [2.45, 2.75) is 72.3 Å². The number of nitrogens with one attached hydrogen (secondary N) is 1. The zero-order valence-electron chi connectivity index (χ0n) is 13.1. The summed E-state index contributed by atoms with van der Waals surface area (Å²) in [5.74, 6) is 0. The van der Waals surface area contributed by atoms with Crippen LogP contribution in [0, 0.1) is 5.41 Å². The summed E-state index contributed by atoms with van der Waals surface area (Å²) in [5.41, 5.74) is 0.460. The van der Waals surface area contributed by atoms with Gasteiger partial charge in [-0.25, -0.2) is 0 Å². The van der Waals surface area contributed by atoms with Crippen molar-refractivity contribution in [3.05, 3.63) is 0 Å². The lowest BCUT2D eigenvalue weighted by molar-refractivity contribution is 0.137. The Hall–Kier alpha value is -0.0800. The molecule has 1 rings (SSSR count). The third-order valence-electron chi connectivity index (χ3n) is 4.39. The van der Waals surface area contributed by atoms with Gasteiger partial charge in [0.05, 0.1) is 0 Å². The third-order valence-corrected chi connectivity index (χ3v) is 4.39. The highest BCUT2D eigenvalue weighted by Crippen LogP contribution is 2.29. The van der Waals surface area contributed by atoms with E-state index in [0.717, 1.165) is 12.6 Å². The predicted molar refractivity (Wildman–Crippen MR) is 81.1 cm³/mol. The van der Waals surface area contributed by atoms with Crippen LogP contribution in [0.1, 0.15) is 66.2 Å². The summed E-state index contributed by atoms with van der Waals surface area (Å²) in [7, 11) is 0. The van der Waals surface area contributed by atoms with Crippen molar-refractivity contribution in [2.75, 3.05) is 26.2 Å². The van der Waals surface area contributed by atoms with Crippen LogP contribution in [0.4, 0.5) is 0 Å². The van der Waals surface area contributed by atoms with E-state index in [1.807, 2.05) is 0 Å². The van der Waals surface area contributed by atoms with E-state index in [0.29, 0.717) is 5.41 Å². The van der Waals surface area contributed by atoms with E-state index in [1.165, 1.54) is 58.2 Å². The van der Waals surface area contributed by atoms with Gasteiger partial charge in [-0.1, -0.05) is 34.1 Å². The van der Waals surface area contributed by atoms with E-state index in [-0.39, 0.29) is 0 Å². The quantitative estimate of drug-likeness (QED) is 0.632. The lowest BCUT2D eigenvalue weighted by Gasteiger charge is -2.36. The molecule has 0 amide bonds. The predicted octanol–water partition coefficient (Wildman–Crippen LogP) is 3.67. The van der Waals surface area contributed by atoms with E-state index in [9.17, 15) is 0 Å². The molecular formula is C16H34N2. The minimum absolute atomic E-state index is 0.460. The molecule has 2 atom stereocenters. The molecule has 1 heterocycles. The van der Waals surface area contributed by atoms with Crippen molar-refractivity contribution in [1.29, 1.82) is 0 Å². The highest BCUT2D eigenvalue weighted by molar-refractivity contribution is 4.86. The van der Waals surface area contributed by atoms with E-state index in [1.54, 1.807) is 0 Å². The number of likely N-dealkylation sites (tertiary alicyclic amines) is 1. The molecule has 0 bridgehead atoms. The van der Waals surface area contributed by atoms with Crippen LogP contribution in [-0.2, 0) is 0 Å². The summed E-state index contributed by atoms with van der Waals surface area (Å²) in [6.07, 6.45) is 8.03. The Kier molecular flexibility index (Phi) is 7.25. The monoisotopic (exact) mass is 254 g/mol. The lowest BCUT2D eigenvalue weighted by Crippen LogP contribution is -2.44. The molecule has 2 heteroatoms. The summed E-state index contributed by atoms with van der Waals surface area (Å²) in [5, 5.41) is 3.64. The fourth-order valence-corrected chi connectivity index (χ4v) is 3.45. The van der Waals surface area contributed by atoms with Crippen LogP contribution in [0.5, 0.6) is 0 Å². The Morgan fingerprint density at radius 3 is 2.61 bits per heavy atom. The molecule has 0 aromatic carbocycles. The van der Waals surface area contributed by atoms with E-state index in [2.05, 4.69) is 37.9 Å². The number of nitrogens with zero attached hydrogens (tertiary/aromatic N) is 1. The van der Waals surface area contributed by atoms with Gasteiger partial charge >= 0.3 is 0 Å². The number of rotatable bonds is 9. The third kappa shape index (κ3) is 4.89. The SMILES string of the molecule is CCCNCC(C)(CCC)CN1CCCC1CC. The van der Waals surface area contributed by atoms with Gasteiger partial charge in [-0.15, -0.1) is 0 Å². The average molecular weight is 254 g/mol. The first-order chi connectivity index (χ1) is 8.65. The Bertz CT molecular complexity index is 217. The van der Waals surface area contributed by atoms with E-state index < -0.39 is 0 Å². The molecule has 2 nitrogen and oxygen atoms in total. The first kappa shape index (κ1) is 16.0. The summed E-state index contributed by atoms with van der Waals surface area (Å²) in [6, 6.07) is 0.854. The smallest absolute Gasteiger partial charge is 0.00933 e. The van der Waals surface area contributed by atoms with Gasteiger partial charge in [-0.3, -0.25) is 4.90 Å². The maximum Gasteiger partial charge on any atom is 0.00933 e. The van der Waals surface area contributed by atoms with Crippen LogP contribution in [0.2, 0.25) is 0 Å². The van der Waals surface area contributed by atoms with Crippen molar-refractivity contribution >= 4 is 0 Å². The molecule has 0 aromatic heterocycles. The Morgan fingerprint density at radius 1 is 1.22 bits per heavy atom. The molecule has 0 radical (unpaired) electrons. The first-order valence-electron chi connectivity index (χ1n) is 8.10. The molecule has 108 valence electrons. The average Bonchev–Trinajstić information content (AvgIpc) is 2.76. The molecular weight excluding hydrogens is 220 g/mol. The molecule has 0 aromatic rings. The lowest BCUT2D eigenvalue weighted by atomic mass is 9.84. The molecule has 1 N–H and O–H groups in total. The van der Waals surface area contributed by atoms with Gasteiger partial charge in [-0.05, 0) is 50.6 Å². The number of hydrogen-bond donors (Lipinski definition) is 1. The molecule has 1 saturated heterocycles. The zero-order valence-corrected chi connectivity index (χ0v) is 13.1. The van der Waals surface area contributed by atoms with Gasteiger partial charge in [0.1, 0.15) is 0 Å². The van der Waals surface area contributed by atoms with E-state index in [4.69, 9.17) is 0 Å². The Morgan fingerprint density at radius 2 is 2.00 bits per heavy atom. The van der Waals surface area contributed by atoms with Gasteiger partial charge in [0.2, 0.25) is 0 Å². The second kappa shape index (κ2) is 8.16. The highest BCUT2D eigenvalue weighted by atomic mass is 15.2. The fraction of sp³-hybridized carbons (Fsp3) is 1.00. The summed E-state index contributed by atoms with van der Waals surface area (Å²) < 4.78 is 0. The Labute approximate surface area is 115 Å². The van der Waals surface area contributed by atoms with Crippen molar-refractivity contribution in [3.63, 3.8) is 0 Å². The molecule has 1 aliphatic heterocycles. The fourth-order valence-electron chi connectivity index (χ4n) is 3.45. The second-order valence-electron chi connectivity index (χ2n) is 6.41. The van der Waals surface area contributed by atoms with Crippen LogP contribution < -0.4 is 5.32 Å². The molecule has 0 aliphatic carbocycles. The minimum atomic E-state index is 0.460.